The van der Waals surface area contributed by atoms with Crippen molar-refractivity contribution in [2.45, 2.75) is 45.6 Å². The van der Waals surface area contributed by atoms with Gasteiger partial charge in [0.05, 0.1) is 0 Å². The van der Waals surface area contributed by atoms with Crippen LogP contribution in [0.15, 0.2) is 18.2 Å². The Bertz CT molecular complexity index is 477. The van der Waals surface area contributed by atoms with Crippen LogP contribution in [0.3, 0.4) is 0 Å². The van der Waals surface area contributed by atoms with Crippen LogP contribution in [-0.4, -0.2) is 17.7 Å². The van der Waals surface area contributed by atoms with E-state index in [0.29, 0.717) is 5.56 Å². The maximum Gasteiger partial charge on any atom is 0.292 e. The van der Waals surface area contributed by atoms with Crippen LogP contribution in [0.1, 0.15) is 48.2 Å². The van der Waals surface area contributed by atoms with Crippen molar-refractivity contribution < 1.29 is 9.59 Å². The molecule has 0 heterocycles. The Kier molecular flexibility index (Phi) is 3.80. The fourth-order valence-corrected chi connectivity index (χ4v) is 2.33. The first kappa shape index (κ1) is 12.8. The molecule has 0 saturated carbocycles. The van der Waals surface area contributed by atoms with Gasteiger partial charge in [0.15, 0.2) is 0 Å². The van der Waals surface area contributed by atoms with Crippen LogP contribution in [0.4, 0.5) is 0 Å². The summed E-state index contributed by atoms with van der Waals surface area (Å²) in [5, 5.41) is 2.63. The third-order valence-electron chi connectivity index (χ3n) is 3.24. The number of hydrogen-bond donors (Lipinski definition) is 1. The molecule has 1 aromatic carbocycles. The molecule has 0 aromatic heterocycles. The number of carbonyl (C=O) groups is 2. The number of fused-ring (bicyclic) bond motifs is 1. The lowest BCUT2D eigenvalue weighted by molar-refractivity contribution is -0.117. The first-order valence-corrected chi connectivity index (χ1v) is 6.55. The van der Waals surface area contributed by atoms with Crippen LogP contribution < -0.4 is 5.32 Å². The maximum atomic E-state index is 12.0. The van der Waals surface area contributed by atoms with Crippen molar-refractivity contribution in [2.24, 2.45) is 0 Å². The number of ketones is 1. The smallest absolute Gasteiger partial charge is 0.292 e. The molecule has 1 aliphatic rings. The molecule has 0 bridgehead atoms. The lowest BCUT2D eigenvalue weighted by Gasteiger charge is -2.16. The topological polar surface area (TPSA) is 46.2 Å². The Morgan fingerprint density at radius 3 is 2.44 bits per heavy atom. The molecule has 0 aliphatic heterocycles. The van der Waals surface area contributed by atoms with Crippen LogP contribution >= 0.6 is 0 Å². The summed E-state index contributed by atoms with van der Waals surface area (Å²) in [6.45, 7) is 3.69. The van der Waals surface area contributed by atoms with E-state index in [9.17, 15) is 9.59 Å². The van der Waals surface area contributed by atoms with E-state index < -0.39 is 11.7 Å². The van der Waals surface area contributed by atoms with Crippen LogP contribution in [-0.2, 0) is 17.6 Å². The molecule has 1 amide bonds. The zero-order valence-corrected chi connectivity index (χ0v) is 11.0. The van der Waals surface area contributed by atoms with Gasteiger partial charge in [-0.2, -0.15) is 0 Å². The van der Waals surface area contributed by atoms with Gasteiger partial charge in [-0.05, 0) is 56.7 Å². The lowest BCUT2D eigenvalue weighted by Crippen LogP contribution is -2.36. The molecule has 0 spiro atoms. The normalized spacial score (nSPS) is 14.2. The highest BCUT2D eigenvalue weighted by Crippen LogP contribution is 2.22. The second-order valence-electron chi connectivity index (χ2n) is 5.15. The van der Waals surface area contributed by atoms with Gasteiger partial charge < -0.3 is 5.32 Å². The molecule has 1 N–H and O–H groups in total. The van der Waals surface area contributed by atoms with Gasteiger partial charge >= 0.3 is 0 Å². The average Bonchev–Trinajstić information content (AvgIpc) is 2.36. The molecule has 18 heavy (non-hydrogen) atoms. The summed E-state index contributed by atoms with van der Waals surface area (Å²) in [6.07, 6.45) is 4.49. The zero-order chi connectivity index (χ0) is 13.1. The van der Waals surface area contributed by atoms with Gasteiger partial charge in [0.2, 0.25) is 5.78 Å². The summed E-state index contributed by atoms with van der Waals surface area (Å²) < 4.78 is 0. The largest absolute Gasteiger partial charge is 0.347 e. The van der Waals surface area contributed by atoms with Crippen molar-refractivity contribution >= 4 is 11.7 Å². The highest BCUT2D eigenvalue weighted by Gasteiger charge is 2.18. The molecular formula is C15H19NO2. The average molecular weight is 245 g/mol. The van der Waals surface area contributed by atoms with Crippen molar-refractivity contribution in [1.29, 1.82) is 0 Å². The standard InChI is InChI=1S/C15H19NO2/c1-10(2)16-15(18)14(17)13-8-7-11-5-3-4-6-12(11)9-13/h7-10H,3-6H2,1-2H3,(H,16,18). The van der Waals surface area contributed by atoms with Crippen molar-refractivity contribution in [3.8, 4) is 0 Å². The first-order valence-electron chi connectivity index (χ1n) is 6.55. The predicted molar refractivity (Wildman–Crippen MR) is 70.7 cm³/mol. The molecule has 96 valence electrons. The van der Waals surface area contributed by atoms with Crippen molar-refractivity contribution in [2.75, 3.05) is 0 Å². The summed E-state index contributed by atoms with van der Waals surface area (Å²) in [5.74, 6) is -0.946. The Labute approximate surface area is 108 Å². The first-order chi connectivity index (χ1) is 8.58. The molecule has 0 fully saturated rings. The van der Waals surface area contributed by atoms with Crippen molar-refractivity contribution in [1.82, 2.24) is 5.32 Å². The van der Waals surface area contributed by atoms with E-state index in [1.54, 1.807) is 6.07 Å². The third-order valence-corrected chi connectivity index (χ3v) is 3.24. The van der Waals surface area contributed by atoms with Gasteiger partial charge in [-0.1, -0.05) is 12.1 Å². The van der Waals surface area contributed by atoms with Crippen LogP contribution in [0.25, 0.3) is 0 Å². The van der Waals surface area contributed by atoms with Gasteiger partial charge in [0, 0.05) is 11.6 Å². The number of benzene rings is 1. The molecule has 2 rings (SSSR count). The number of hydrogen-bond acceptors (Lipinski definition) is 2. The van der Waals surface area contributed by atoms with Gasteiger partial charge in [-0.15, -0.1) is 0 Å². The lowest BCUT2D eigenvalue weighted by atomic mass is 9.89. The number of amides is 1. The van der Waals surface area contributed by atoms with E-state index in [1.165, 1.54) is 24.0 Å². The van der Waals surface area contributed by atoms with Crippen molar-refractivity contribution in [3.05, 3.63) is 34.9 Å². The fraction of sp³-hybridized carbons (Fsp3) is 0.467. The Morgan fingerprint density at radius 2 is 1.78 bits per heavy atom. The van der Waals surface area contributed by atoms with E-state index in [2.05, 4.69) is 5.32 Å². The van der Waals surface area contributed by atoms with Gasteiger partial charge in [0.25, 0.3) is 5.91 Å². The van der Waals surface area contributed by atoms with E-state index >= 15 is 0 Å². The molecule has 1 aromatic rings. The van der Waals surface area contributed by atoms with E-state index in [1.807, 2.05) is 26.0 Å². The van der Waals surface area contributed by atoms with Crippen molar-refractivity contribution in [3.63, 3.8) is 0 Å². The monoisotopic (exact) mass is 245 g/mol. The minimum atomic E-state index is -0.513. The molecule has 0 unspecified atom stereocenters. The van der Waals surface area contributed by atoms with E-state index in [0.717, 1.165) is 12.8 Å². The summed E-state index contributed by atoms with van der Waals surface area (Å²) >= 11 is 0. The number of Topliss-reactive ketones (excluding diaryl/α,β-unsaturated/α-hetero) is 1. The molecule has 0 atom stereocenters. The van der Waals surface area contributed by atoms with E-state index in [4.69, 9.17) is 0 Å². The molecule has 1 aliphatic carbocycles. The molecule has 0 saturated heterocycles. The van der Waals surface area contributed by atoms with Gasteiger partial charge in [-0.3, -0.25) is 9.59 Å². The highest BCUT2D eigenvalue weighted by molar-refractivity contribution is 6.42. The summed E-state index contributed by atoms with van der Waals surface area (Å²) in [7, 11) is 0. The molecule has 3 nitrogen and oxygen atoms in total. The minimum Gasteiger partial charge on any atom is -0.347 e. The minimum absolute atomic E-state index is 0.0147. The SMILES string of the molecule is CC(C)NC(=O)C(=O)c1ccc2c(c1)CCCC2. The Balaban J connectivity index is 2.18. The highest BCUT2D eigenvalue weighted by atomic mass is 16.2. The summed E-state index contributed by atoms with van der Waals surface area (Å²) in [5.41, 5.74) is 3.06. The van der Waals surface area contributed by atoms with Crippen LogP contribution in [0.5, 0.6) is 0 Å². The predicted octanol–water partition coefficient (Wildman–Crippen LogP) is 2.27. The van der Waals surface area contributed by atoms with Crippen LogP contribution in [0, 0.1) is 0 Å². The Hall–Kier alpha value is -1.64. The summed E-state index contributed by atoms with van der Waals surface area (Å²) in [4.78, 5) is 23.6. The molecule has 3 heteroatoms. The number of rotatable bonds is 3. The second kappa shape index (κ2) is 5.34. The van der Waals surface area contributed by atoms with Gasteiger partial charge in [-0.25, -0.2) is 0 Å². The van der Waals surface area contributed by atoms with Gasteiger partial charge in [0.1, 0.15) is 0 Å². The molecule has 0 radical (unpaired) electrons. The zero-order valence-electron chi connectivity index (χ0n) is 11.0. The number of nitrogens with one attached hydrogen (secondary N) is 1. The fourth-order valence-electron chi connectivity index (χ4n) is 2.33. The second-order valence-corrected chi connectivity index (χ2v) is 5.15. The van der Waals surface area contributed by atoms with Crippen LogP contribution in [0.2, 0.25) is 0 Å². The summed E-state index contributed by atoms with van der Waals surface area (Å²) in [6, 6.07) is 5.63. The number of carbonyl (C=O) groups excluding carboxylic acids is 2. The quantitative estimate of drug-likeness (QED) is 0.656. The number of aryl methyl sites for hydroxylation is 2. The maximum absolute atomic E-state index is 12.0. The molecular weight excluding hydrogens is 226 g/mol. The Morgan fingerprint density at radius 1 is 1.11 bits per heavy atom. The van der Waals surface area contributed by atoms with E-state index in [-0.39, 0.29) is 6.04 Å². The third kappa shape index (κ3) is 2.78.